The molecule has 0 aliphatic carbocycles. The molecule has 0 radical (unpaired) electrons. The standard InChI is InChI=1S/C18H15ClN4O3/c19-11-2-1-3-13(7-11)23-9-10(6-16(23)24)17(25)20-12-4-5-14-15(8-12)22-18(26)21-14/h1-5,7-8,10H,6,9H2,(H,20,25)(H2,21,22,26). The zero-order chi connectivity index (χ0) is 18.3. The summed E-state index contributed by atoms with van der Waals surface area (Å²) in [5, 5.41) is 3.35. The first kappa shape index (κ1) is 16.4. The Bertz CT molecular complexity index is 1070. The van der Waals surface area contributed by atoms with Crippen molar-refractivity contribution >= 4 is 45.8 Å². The minimum Gasteiger partial charge on any atom is -0.326 e. The van der Waals surface area contributed by atoms with Gasteiger partial charge in [0.25, 0.3) is 0 Å². The van der Waals surface area contributed by atoms with E-state index < -0.39 is 5.92 Å². The van der Waals surface area contributed by atoms with Crippen molar-refractivity contribution in [1.29, 1.82) is 0 Å². The van der Waals surface area contributed by atoms with Crippen LogP contribution >= 0.6 is 11.6 Å². The lowest BCUT2D eigenvalue weighted by atomic mass is 10.1. The number of aromatic nitrogens is 2. The molecular weight excluding hydrogens is 356 g/mol. The Kier molecular flexibility index (Phi) is 4.00. The summed E-state index contributed by atoms with van der Waals surface area (Å²) in [5.41, 5.74) is 2.21. The summed E-state index contributed by atoms with van der Waals surface area (Å²) >= 11 is 5.98. The fourth-order valence-electron chi connectivity index (χ4n) is 3.13. The summed E-state index contributed by atoms with van der Waals surface area (Å²) in [6.45, 7) is 0.300. The summed E-state index contributed by atoms with van der Waals surface area (Å²) < 4.78 is 0. The molecule has 0 spiro atoms. The van der Waals surface area contributed by atoms with Crippen molar-refractivity contribution < 1.29 is 9.59 Å². The maximum absolute atomic E-state index is 12.5. The number of rotatable bonds is 3. The number of benzene rings is 2. The van der Waals surface area contributed by atoms with Crippen molar-refractivity contribution in [2.45, 2.75) is 6.42 Å². The summed E-state index contributed by atoms with van der Waals surface area (Å²) in [6.07, 6.45) is 0.140. The molecule has 132 valence electrons. The third kappa shape index (κ3) is 3.09. The maximum Gasteiger partial charge on any atom is 0.323 e. The minimum atomic E-state index is -0.456. The van der Waals surface area contributed by atoms with Gasteiger partial charge in [0.1, 0.15) is 0 Å². The normalized spacial score (nSPS) is 17.0. The van der Waals surface area contributed by atoms with Gasteiger partial charge in [-0.2, -0.15) is 0 Å². The minimum absolute atomic E-state index is 0.113. The predicted octanol–water partition coefficient (Wildman–Crippen LogP) is 2.50. The van der Waals surface area contributed by atoms with Crippen LogP contribution in [0.4, 0.5) is 11.4 Å². The first-order valence-corrected chi connectivity index (χ1v) is 8.46. The van der Waals surface area contributed by atoms with E-state index in [4.69, 9.17) is 11.6 Å². The highest BCUT2D eigenvalue weighted by atomic mass is 35.5. The predicted molar refractivity (Wildman–Crippen MR) is 99.5 cm³/mol. The molecule has 0 bridgehead atoms. The Morgan fingerprint density at radius 2 is 1.92 bits per heavy atom. The van der Waals surface area contributed by atoms with Gasteiger partial charge in [0.2, 0.25) is 11.8 Å². The number of carbonyl (C=O) groups excluding carboxylic acids is 2. The number of hydrogen-bond donors (Lipinski definition) is 3. The molecule has 1 aromatic heterocycles. The molecule has 2 aromatic carbocycles. The number of H-pyrrole nitrogens is 2. The van der Waals surface area contributed by atoms with Crippen molar-refractivity contribution in [3.63, 3.8) is 0 Å². The van der Waals surface area contributed by atoms with Gasteiger partial charge in [0, 0.05) is 29.4 Å². The lowest BCUT2D eigenvalue weighted by Crippen LogP contribution is -2.28. The molecule has 0 saturated carbocycles. The Labute approximate surface area is 153 Å². The van der Waals surface area contributed by atoms with Crippen LogP contribution in [0.2, 0.25) is 5.02 Å². The Hall–Kier alpha value is -3.06. The zero-order valence-corrected chi connectivity index (χ0v) is 14.3. The summed E-state index contributed by atoms with van der Waals surface area (Å²) in [4.78, 5) is 43.0. The molecule has 1 atom stereocenters. The number of nitrogens with zero attached hydrogens (tertiary/aromatic N) is 1. The molecule has 1 aliphatic heterocycles. The molecule has 3 N–H and O–H groups in total. The van der Waals surface area contributed by atoms with Crippen LogP contribution in [-0.4, -0.2) is 28.3 Å². The highest BCUT2D eigenvalue weighted by molar-refractivity contribution is 6.31. The van der Waals surface area contributed by atoms with Crippen molar-refractivity contribution in [3.8, 4) is 0 Å². The number of halogens is 1. The lowest BCUT2D eigenvalue weighted by Gasteiger charge is -2.17. The van der Waals surface area contributed by atoms with Crippen LogP contribution in [-0.2, 0) is 9.59 Å². The molecule has 1 fully saturated rings. The van der Waals surface area contributed by atoms with E-state index in [1.54, 1.807) is 47.4 Å². The largest absolute Gasteiger partial charge is 0.326 e. The van der Waals surface area contributed by atoms with Gasteiger partial charge in [-0.25, -0.2) is 4.79 Å². The highest BCUT2D eigenvalue weighted by Gasteiger charge is 2.35. The van der Waals surface area contributed by atoms with E-state index in [9.17, 15) is 14.4 Å². The van der Waals surface area contributed by atoms with E-state index in [0.717, 1.165) is 0 Å². The quantitative estimate of drug-likeness (QED) is 0.660. The van der Waals surface area contributed by atoms with Crippen LogP contribution < -0.4 is 15.9 Å². The molecule has 26 heavy (non-hydrogen) atoms. The van der Waals surface area contributed by atoms with Crippen molar-refractivity contribution in [1.82, 2.24) is 9.97 Å². The van der Waals surface area contributed by atoms with E-state index in [0.29, 0.717) is 34.0 Å². The zero-order valence-electron chi connectivity index (χ0n) is 13.6. The molecule has 8 heteroatoms. The number of carbonyl (C=O) groups is 2. The van der Waals surface area contributed by atoms with E-state index in [2.05, 4.69) is 15.3 Å². The first-order valence-electron chi connectivity index (χ1n) is 8.08. The van der Waals surface area contributed by atoms with Crippen LogP contribution in [0.5, 0.6) is 0 Å². The maximum atomic E-state index is 12.5. The van der Waals surface area contributed by atoms with Gasteiger partial charge in [0.05, 0.1) is 17.0 Å². The number of amides is 2. The second-order valence-corrected chi connectivity index (χ2v) is 6.65. The van der Waals surface area contributed by atoms with Crippen LogP contribution in [0.3, 0.4) is 0 Å². The number of fused-ring (bicyclic) bond motifs is 1. The average molecular weight is 371 g/mol. The summed E-state index contributed by atoms with van der Waals surface area (Å²) in [5.74, 6) is -0.805. The van der Waals surface area contributed by atoms with Crippen LogP contribution in [0.15, 0.2) is 47.3 Å². The third-order valence-corrected chi connectivity index (χ3v) is 4.63. The second kappa shape index (κ2) is 6.34. The summed E-state index contributed by atoms with van der Waals surface area (Å²) in [6, 6.07) is 12.1. The van der Waals surface area contributed by atoms with E-state index in [1.807, 2.05) is 0 Å². The number of nitrogens with one attached hydrogen (secondary N) is 3. The fourth-order valence-corrected chi connectivity index (χ4v) is 3.32. The summed E-state index contributed by atoms with van der Waals surface area (Å²) in [7, 11) is 0. The van der Waals surface area contributed by atoms with Crippen LogP contribution in [0.1, 0.15) is 6.42 Å². The Morgan fingerprint density at radius 1 is 1.12 bits per heavy atom. The monoisotopic (exact) mass is 370 g/mol. The van der Waals surface area contributed by atoms with Gasteiger partial charge in [-0.15, -0.1) is 0 Å². The van der Waals surface area contributed by atoms with Gasteiger partial charge >= 0.3 is 5.69 Å². The van der Waals surface area contributed by atoms with E-state index >= 15 is 0 Å². The van der Waals surface area contributed by atoms with Crippen molar-refractivity contribution in [2.24, 2.45) is 5.92 Å². The van der Waals surface area contributed by atoms with Crippen LogP contribution in [0, 0.1) is 5.92 Å². The molecule has 2 heterocycles. The molecule has 2 amide bonds. The number of aromatic amines is 2. The van der Waals surface area contributed by atoms with E-state index in [-0.39, 0.29) is 23.9 Å². The smallest absolute Gasteiger partial charge is 0.323 e. The lowest BCUT2D eigenvalue weighted by molar-refractivity contribution is -0.122. The van der Waals surface area contributed by atoms with Gasteiger partial charge in [0.15, 0.2) is 0 Å². The third-order valence-electron chi connectivity index (χ3n) is 4.40. The molecule has 3 aromatic rings. The average Bonchev–Trinajstić information content (AvgIpc) is 3.16. The van der Waals surface area contributed by atoms with Crippen LogP contribution in [0.25, 0.3) is 11.0 Å². The topological polar surface area (TPSA) is 98.1 Å². The molecule has 4 rings (SSSR count). The van der Waals surface area contributed by atoms with Gasteiger partial charge in [-0.1, -0.05) is 17.7 Å². The molecular formula is C18H15ClN4O3. The van der Waals surface area contributed by atoms with Gasteiger partial charge in [-0.05, 0) is 36.4 Å². The number of anilines is 2. The van der Waals surface area contributed by atoms with E-state index in [1.165, 1.54) is 0 Å². The van der Waals surface area contributed by atoms with Crippen molar-refractivity contribution in [3.05, 3.63) is 58.0 Å². The molecule has 1 saturated heterocycles. The number of hydrogen-bond acceptors (Lipinski definition) is 3. The highest BCUT2D eigenvalue weighted by Crippen LogP contribution is 2.28. The second-order valence-electron chi connectivity index (χ2n) is 6.21. The fraction of sp³-hybridized carbons (Fsp3) is 0.167. The number of imidazole rings is 1. The SMILES string of the molecule is O=C(Nc1ccc2[nH]c(=O)[nH]c2c1)C1CC(=O)N(c2cccc(Cl)c2)C1. The van der Waals surface area contributed by atoms with Gasteiger partial charge in [-0.3, -0.25) is 9.59 Å². The molecule has 1 unspecified atom stereocenters. The molecule has 7 nitrogen and oxygen atoms in total. The first-order chi connectivity index (χ1) is 12.5. The van der Waals surface area contributed by atoms with Gasteiger partial charge < -0.3 is 20.2 Å². The van der Waals surface area contributed by atoms with Crippen molar-refractivity contribution in [2.75, 3.05) is 16.8 Å². The Balaban J connectivity index is 1.49. The molecule has 1 aliphatic rings. The Morgan fingerprint density at radius 3 is 2.73 bits per heavy atom.